The number of carbonyl (C=O) groups is 4. The first-order valence-electron chi connectivity index (χ1n) is 21.0. The van der Waals surface area contributed by atoms with Crippen molar-refractivity contribution in [3.63, 3.8) is 0 Å². The van der Waals surface area contributed by atoms with Crippen LogP contribution in [0.15, 0.2) is 82.8 Å². The molecule has 0 aliphatic carbocycles. The highest BCUT2D eigenvalue weighted by Gasteiger charge is 2.21. The third kappa shape index (κ3) is 16.1. The molecule has 2 heterocycles. The number of anilines is 2. The highest BCUT2D eigenvalue weighted by atomic mass is 35.5. The Hall–Kier alpha value is -7.43. The van der Waals surface area contributed by atoms with Crippen LogP contribution in [0.25, 0.3) is 21.8 Å². The number of ether oxygens (including phenoxy) is 4. The second-order valence-electron chi connectivity index (χ2n) is 14.8. The highest BCUT2D eigenvalue weighted by Crippen LogP contribution is 2.25. The number of nitrogens with zero attached hydrogens (tertiary/aromatic N) is 5. The van der Waals surface area contributed by atoms with Crippen LogP contribution in [-0.4, -0.2) is 108 Å². The number of hydrogen-bond donors (Lipinski definition) is 5. The molecule has 2 atom stereocenters. The molecule has 6 aromatic rings. The second-order valence-corrected chi connectivity index (χ2v) is 15.1. The van der Waals surface area contributed by atoms with Crippen LogP contribution in [0.3, 0.4) is 0 Å². The van der Waals surface area contributed by atoms with Gasteiger partial charge < -0.3 is 29.6 Å². The van der Waals surface area contributed by atoms with Crippen molar-refractivity contribution in [1.82, 2.24) is 30.6 Å². The van der Waals surface area contributed by atoms with E-state index in [0.29, 0.717) is 29.9 Å². The summed E-state index contributed by atoms with van der Waals surface area (Å²) in [6, 6.07) is 16.2. The van der Waals surface area contributed by atoms with Gasteiger partial charge in [-0.3, -0.25) is 25.3 Å². The molecule has 2 amide bonds. The number of aliphatic imine (C=N–C) groups is 2. The molecule has 0 aliphatic rings. The fourth-order valence-corrected chi connectivity index (χ4v) is 6.14. The Morgan fingerprint density at radius 3 is 1.64 bits per heavy atom. The van der Waals surface area contributed by atoms with Crippen molar-refractivity contribution in [3.05, 3.63) is 118 Å². The number of guanidine groups is 2. The van der Waals surface area contributed by atoms with Gasteiger partial charge in [-0.1, -0.05) is 12.1 Å². The Kier molecular flexibility index (Phi) is 20.6. The van der Waals surface area contributed by atoms with Crippen molar-refractivity contribution in [2.75, 3.05) is 51.3 Å². The predicted octanol–water partition coefficient (Wildman–Crippen LogP) is 8.62. The molecule has 5 N–H and O–H groups in total. The van der Waals surface area contributed by atoms with Gasteiger partial charge in [0.1, 0.15) is 0 Å². The molecule has 69 heavy (non-hydrogen) atoms. The molecule has 6 rings (SSSR count). The number of aromatic nitrogens is 4. The lowest BCUT2D eigenvalue weighted by Crippen LogP contribution is -2.37. The fourth-order valence-electron chi connectivity index (χ4n) is 6.03. The first-order chi connectivity index (χ1) is 32.9. The average Bonchev–Trinajstić information content (AvgIpc) is 3.85. The number of aromatic amines is 1. The first kappa shape index (κ1) is 54.2. The van der Waals surface area contributed by atoms with Crippen molar-refractivity contribution < 1.29 is 55.7 Å². The minimum Gasteiger partial charge on any atom is -0.454 e. The van der Waals surface area contributed by atoms with Crippen LogP contribution in [0.2, 0.25) is 0 Å². The minimum absolute atomic E-state index is 0.0183. The summed E-state index contributed by atoms with van der Waals surface area (Å²) in [6.07, 6.45) is -0.664. The molecule has 23 heteroatoms. The van der Waals surface area contributed by atoms with Gasteiger partial charge in [-0.2, -0.15) is 9.78 Å². The lowest BCUT2D eigenvalue weighted by atomic mass is 10.2. The molecular formula is C46H51ClF4N10O8. The highest BCUT2D eigenvalue weighted by molar-refractivity contribution is 6.61. The summed E-state index contributed by atoms with van der Waals surface area (Å²) < 4.78 is 74.0. The summed E-state index contributed by atoms with van der Waals surface area (Å²) in [7, 11) is 3.05. The molecule has 0 saturated carbocycles. The maximum Gasteiger partial charge on any atom is 0.435 e. The molecule has 0 radical (unpaired) electrons. The number of fused-ring (bicyclic) bond motifs is 2. The minimum atomic E-state index is -1.15. The van der Waals surface area contributed by atoms with E-state index in [-0.39, 0.29) is 54.2 Å². The number of amides is 2. The molecule has 0 aliphatic heterocycles. The van der Waals surface area contributed by atoms with Gasteiger partial charge in [0.2, 0.25) is 11.9 Å². The quantitative estimate of drug-likeness (QED) is 0.0336. The van der Waals surface area contributed by atoms with Crippen LogP contribution in [-0.2, 0) is 18.9 Å². The number of aryl methyl sites for hydroxylation is 2. The SMILES string of the molecule is CCOC(=O)Cl.CCOC(=O)n1nc(NC(=N[C@@H](C)COC)NC(=O)c2ccc(F)c(F)c2)c2ccc(C)cc21.COC[C@H](C)N=C(NC(=O)c1ccc(F)c(F)c1)Nc1n[nH]c2cc(C)ccc12. The Balaban J connectivity index is 0.000000271. The molecule has 0 spiro atoms. The molecule has 0 fully saturated rings. The summed E-state index contributed by atoms with van der Waals surface area (Å²) in [5.41, 5.74) is 2.41. The van der Waals surface area contributed by atoms with Gasteiger partial charge in [0, 0.05) is 47.7 Å². The van der Waals surface area contributed by atoms with Gasteiger partial charge in [-0.25, -0.2) is 37.1 Å². The van der Waals surface area contributed by atoms with E-state index in [9.17, 15) is 36.7 Å². The summed E-state index contributed by atoms with van der Waals surface area (Å²) in [6.45, 7) is 11.9. The number of rotatable bonds is 12. The number of nitrogens with one attached hydrogen (secondary N) is 5. The van der Waals surface area contributed by atoms with Crippen LogP contribution in [0.4, 0.5) is 38.8 Å². The lowest BCUT2D eigenvalue weighted by molar-refractivity contribution is 0.0967. The number of benzene rings is 4. The van der Waals surface area contributed by atoms with E-state index in [1.807, 2.05) is 38.1 Å². The third-order valence-electron chi connectivity index (χ3n) is 9.07. The van der Waals surface area contributed by atoms with Gasteiger partial charge in [-0.05, 0) is 113 Å². The van der Waals surface area contributed by atoms with Crippen LogP contribution in [0.1, 0.15) is 59.5 Å². The summed E-state index contributed by atoms with van der Waals surface area (Å²) in [5.74, 6) is -4.93. The monoisotopic (exact) mass is 982 g/mol. The van der Waals surface area contributed by atoms with E-state index < -0.39 is 46.6 Å². The molecule has 0 bridgehead atoms. The van der Waals surface area contributed by atoms with Crippen molar-refractivity contribution >= 4 is 80.3 Å². The number of methoxy groups -OCH3 is 2. The summed E-state index contributed by atoms with van der Waals surface area (Å²) >= 11 is 4.72. The van der Waals surface area contributed by atoms with E-state index in [0.717, 1.165) is 57.0 Å². The van der Waals surface area contributed by atoms with Gasteiger partial charge in [0.05, 0.1) is 49.5 Å². The second kappa shape index (κ2) is 26.2. The van der Waals surface area contributed by atoms with Crippen molar-refractivity contribution in [2.45, 2.75) is 53.6 Å². The van der Waals surface area contributed by atoms with E-state index in [2.05, 4.69) is 51.3 Å². The number of halogens is 5. The van der Waals surface area contributed by atoms with E-state index in [4.69, 9.17) is 25.8 Å². The lowest BCUT2D eigenvalue weighted by Gasteiger charge is -2.13. The molecule has 368 valence electrons. The van der Waals surface area contributed by atoms with Crippen molar-refractivity contribution in [1.29, 1.82) is 0 Å². The van der Waals surface area contributed by atoms with E-state index in [1.54, 1.807) is 46.9 Å². The standard InChI is InChI=1S/C23H25F2N5O4.C20H21F2N5O2.C3H5ClO2/c1-5-34-23(32)30-19-10-13(2)6-8-16(19)20(29-30)27-22(26-14(3)12-33-4)28-21(31)15-7-9-17(24)18(25)11-15;1-11-4-6-14-17(8-11)26-27-18(14)24-20(23-12(2)10-29-3)25-19(28)13-5-7-15(21)16(22)9-13;1-2-6-3(4)5/h6-11,14H,5,12H2,1-4H3,(H2,26,27,28,29,31);4-9,12H,10H2,1-3H3,(H3,23,24,25,26,27,28);2H2,1H3/t14-;12-;/m00./s1. The first-order valence-corrected chi connectivity index (χ1v) is 21.4. The van der Waals surface area contributed by atoms with Gasteiger partial charge in [0.15, 0.2) is 34.9 Å². The Morgan fingerprint density at radius 1 is 0.681 bits per heavy atom. The topological polar surface area (TPSA) is 225 Å². The maximum absolute atomic E-state index is 13.6. The zero-order chi connectivity index (χ0) is 50.8. The fraction of sp³-hybridized carbons (Fsp3) is 0.304. The molecular weight excluding hydrogens is 932 g/mol. The number of hydrogen-bond acceptors (Lipinski definition) is 12. The normalized spacial score (nSPS) is 12.2. The Labute approximate surface area is 398 Å². The van der Waals surface area contributed by atoms with Crippen LogP contribution in [0.5, 0.6) is 0 Å². The van der Waals surface area contributed by atoms with Crippen molar-refractivity contribution in [3.8, 4) is 0 Å². The molecule has 2 aromatic heterocycles. The molecule has 0 unspecified atom stereocenters. The summed E-state index contributed by atoms with van der Waals surface area (Å²) in [5, 5.41) is 23.9. The van der Waals surface area contributed by atoms with Crippen LogP contribution in [0, 0.1) is 37.1 Å². The zero-order valence-corrected chi connectivity index (χ0v) is 39.6. The zero-order valence-electron chi connectivity index (χ0n) is 38.8. The largest absolute Gasteiger partial charge is 0.454 e. The van der Waals surface area contributed by atoms with Crippen molar-refractivity contribution in [2.24, 2.45) is 9.98 Å². The number of carbonyl (C=O) groups excluding carboxylic acids is 4. The average molecular weight is 983 g/mol. The van der Waals surface area contributed by atoms with Crippen LogP contribution >= 0.6 is 11.6 Å². The van der Waals surface area contributed by atoms with E-state index >= 15 is 0 Å². The number of H-pyrrole nitrogens is 1. The smallest absolute Gasteiger partial charge is 0.435 e. The van der Waals surface area contributed by atoms with Gasteiger partial charge >= 0.3 is 11.5 Å². The third-order valence-corrected chi connectivity index (χ3v) is 9.18. The molecule has 18 nitrogen and oxygen atoms in total. The maximum atomic E-state index is 13.6. The van der Waals surface area contributed by atoms with Gasteiger partial charge in [-0.15, -0.1) is 5.10 Å². The predicted molar refractivity (Wildman–Crippen MR) is 253 cm³/mol. The molecule has 0 saturated heterocycles. The van der Waals surface area contributed by atoms with Gasteiger partial charge in [0.25, 0.3) is 11.8 Å². The molecule has 4 aromatic carbocycles. The summed E-state index contributed by atoms with van der Waals surface area (Å²) in [4.78, 5) is 56.0. The van der Waals surface area contributed by atoms with E-state index in [1.165, 1.54) is 13.2 Å². The Bertz CT molecular complexity index is 2820. The van der Waals surface area contributed by atoms with Crippen LogP contribution < -0.4 is 21.3 Å². The Morgan fingerprint density at radius 2 is 1.17 bits per heavy atom.